The number of carbonyl (C=O) groups is 4. The van der Waals surface area contributed by atoms with Gasteiger partial charge in [0.2, 0.25) is 11.4 Å². The molecule has 1 unspecified atom stereocenters. The molecule has 0 aromatic heterocycles. The predicted molar refractivity (Wildman–Crippen MR) is 118 cm³/mol. The Hall–Kier alpha value is -2.21. The van der Waals surface area contributed by atoms with Gasteiger partial charge in [-0.1, -0.05) is 0 Å². The fraction of sp³-hybridized carbons (Fsp3) is 0.600. The van der Waals surface area contributed by atoms with Crippen LogP contribution in [0.15, 0.2) is 11.5 Å². The number of aliphatic hydroxyl groups is 1. The number of rotatable bonds is 11. The van der Waals surface area contributed by atoms with Crippen LogP contribution in [0, 0.1) is 0 Å². The molecule has 36 heavy (non-hydrogen) atoms. The summed E-state index contributed by atoms with van der Waals surface area (Å²) in [5.74, 6) is -2.56. The van der Waals surface area contributed by atoms with Gasteiger partial charge in [0.25, 0.3) is 16.9 Å². The molecule has 0 aromatic carbocycles. The van der Waals surface area contributed by atoms with E-state index in [1.54, 1.807) is 0 Å². The van der Waals surface area contributed by atoms with Crippen molar-refractivity contribution in [3.05, 3.63) is 11.5 Å². The molecule has 1 saturated heterocycles. The molecule has 0 bridgehead atoms. The molecule has 2 aliphatic rings. The number of nitrogens with zero attached hydrogens (tertiary/aromatic N) is 1. The van der Waals surface area contributed by atoms with E-state index in [1.807, 2.05) is 0 Å². The average molecular weight is 578 g/mol. The quantitative estimate of drug-likeness (QED) is 0.0416. The maximum Gasteiger partial charge on any atom is 0.512 e. The standard InChI is InChI=1S/C15H24N4O14P2S/c16-12(22)32-5-7-6-36-11-15(17,10(21)19(11)8(7)33-13(23)24)9(20)18-4-2-1-3-14(25,34(26,27)28)35(29,30)31/h11,25H,1-6,17H2,(H2,16,22)(H,18,20)(H,23,24)(H2,26,27,28)(H2,29,30,31)/t11-,15?/m0/s1. The molecule has 0 radical (unpaired) electrons. The number of thioether (sulfide) groups is 1. The lowest BCUT2D eigenvalue weighted by molar-refractivity contribution is -0.160. The van der Waals surface area contributed by atoms with Gasteiger partial charge in [0.15, 0.2) is 0 Å². The van der Waals surface area contributed by atoms with Gasteiger partial charge in [0.05, 0.1) is 0 Å². The van der Waals surface area contributed by atoms with E-state index in [9.17, 15) is 33.4 Å². The number of fused-ring (bicyclic) bond motifs is 1. The van der Waals surface area contributed by atoms with Crippen molar-refractivity contribution in [2.24, 2.45) is 11.5 Å². The molecule has 0 saturated carbocycles. The van der Waals surface area contributed by atoms with E-state index in [1.165, 1.54) is 0 Å². The van der Waals surface area contributed by atoms with Crippen molar-refractivity contribution >= 4 is 51.0 Å². The Morgan fingerprint density at radius 1 is 1.19 bits per heavy atom. The Morgan fingerprint density at radius 2 is 1.78 bits per heavy atom. The smallest absolute Gasteiger partial charge is 0.449 e. The molecule has 2 heterocycles. The molecule has 1 fully saturated rings. The highest BCUT2D eigenvalue weighted by Gasteiger charge is 2.67. The number of carboxylic acid groups (broad SMARTS) is 1. The van der Waals surface area contributed by atoms with Crippen LogP contribution >= 0.6 is 27.0 Å². The number of unbranched alkanes of at least 4 members (excludes halogenated alkanes) is 1. The molecule has 2 atom stereocenters. The molecule has 11 N–H and O–H groups in total. The first kappa shape index (κ1) is 30.0. The molecule has 0 aromatic rings. The van der Waals surface area contributed by atoms with Gasteiger partial charge >= 0.3 is 27.4 Å². The highest BCUT2D eigenvalue weighted by Crippen LogP contribution is 2.69. The minimum absolute atomic E-state index is 0.0418. The average Bonchev–Trinajstić information content (AvgIpc) is 2.74. The molecule has 3 amide bonds. The summed E-state index contributed by atoms with van der Waals surface area (Å²) in [4.78, 5) is 84.6. The van der Waals surface area contributed by atoms with Gasteiger partial charge in [0, 0.05) is 17.9 Å². The third-order valence-corrected chi connectivity index (χ3v) is 10.5. The second-order valence-electron chi connectivity index (χ2n) is 7.67. The molecule has 204 valence electrons. The van der Waals surface area contributed by atoms with Crippen LogP contribution in [0.3, 0.4) is 0 Å². The lowest BCUT2D eigenvalue weighted by Crippen LogP contribution is -2.82. The predicted octanol–water partition coefficient (Wildman–Crippen LogP) is -2.11. The Bertz CT molecular complexity index is 1050. The van der Waals surface area contributed by atoms with Crippen LogP contribution in [0.2, 0.25) is 0 Å². The van der Waals surface area contributed by atoms with Crippen molar-refractivity contribution in [1.29, 1.82) is 0 Å². The number of nitrogens with two attached hydrogens (primary N) is 2. The molecular formula is C15H24N4O14P2S. The fourth-order valence-corrected chi connectivity index (χ4v) is 6.97. The number of ether oxygens (including phenoxy) is 2. The van der Waals surface area contributed by atoms with Gasteiger partial charge in [-0.15, -0.1) is 11.8 Å². The van der Waals surface area contributed by atoms with Crippen molar-refractivity contribution in [1.82, 2.24) is 10.2 Å². The van der Waals surface area contributed by atoms with Gasteiger partial charge in [-0.3, -0.25) is 23.6 Å². The number of amides is 3. The maximum absolute atomic E-state index is 12.8. The van der Waals surface area contributed by atoms with Crippen molar-refractivity contribution in [2.45, 2.75) is 35.3 Å². The van der Waals surface area contributed by atoms with Crippen LogP contribution in [-0.2, 0) is 28.2 Å². The van der Waals surface area contributed by atoms with Crippen LogP contribution in [0.4, 0.5) is 9.59 Å². The zero-order valence-corrected chi connectivity index (χ0v) is 20.8. The highest BCUT2D eigenvalue weighted by atomic mass is 32.2. The number of β-lactam (4-membered cyclic amide) rings is 1. The Morgan fingerprint density at radius 3 is 2.28 bits per heavy atom. The SMILES string of the molecule is NC(=O)OCC1=C(OC(=O)O)N2C(=O)C(N)(C(=O)NCCCCC(O)(P(=O)(O)O)P(=O)(O)O)[C@@H]2SC1. The molecular weight excluding hydrogens is 554 g/mol. The van der Waals surface area contributed by atoms with Gasteiger partial charge in [-0.25, -0.2) is 9.59 Å². The molecule has 0 spiro atoms. The number of hydrogen-bond acceptors (Lipinski definition) is 11. The minimum Gasteiger partial charge on any atom is -0.449 e. The zero-order valence-electron chi connectivity index (χ0n) is 18.2. The number of nitrogens with one attached hydrogen (secondary N) is 1. The third-order valence-electron chi connectivity index (χ3n) is 5.24. The maximum atomic E-state index is 12.8. The number of carbonyl (C=O) groups excluding carboxylic acids is 3. The monoisotopic (exact) mass is 578 g/mol. The summed E-state index contributed by atoms with van der Waals surface area (Å²) in [6.07, 6.45) is -4.41. The molecule has 2 rings (SSSR count). The summed E-state index contributed by atoms with van der Waals surface area (Å²) < 4.78 is 31.9. The summed E-state index contributed by atoms with van der Waals surface area (Å²) in [7, 11) is -11.2. The molecule has 21 heteroatoms. The van der Waals surface area contributed by atoms with Crippen molar-refractivity contribution in [3.8, 4) is 0 Å². The number of primary amides is 1. The van der Waals surface area contributed by atoms with Crippen LogP contribution in [0.1, 0.15) is 19.3 Å². The summed E-state index contributed by atoms with van der Waals surface area (Å²) in [6.45, 7) is -0.742. The van der Waals surface area contributed by atoms with Crippen molar-refractivity contribution in [3.63, 3.8) is 0 Å². The van der Waals surface area contributed by atoms with Crippen LogP contribution < -0.4 is 16.8 Å². The van der Waals surface area contributed by atoms with Crippen LogP contribution in [0.25, 0.3) is 0 Å². The topological polar surface area (TPSA) is 310 Å². The number of hydrogen-bond donors (Lipinski definition) is 9. The highest BCUT2D eigenvalue weighted by molar-refractivity contribution is 8.00. The normalized spacial score (nSPS) is 22.4. The summed E-state index contributed by atoms with van der Waals surface area (Å²) in [5.41, 5.74) is 8.81. The lowest BCUT2D eigenvalue weighted by Gasteiger charge is -2.53. The van der Waals surface area contributed by atoms with Gasteiger partial charge in [-0.2, -0.15) is 0 Å². The van der Waals surface area contributed by atoms with Gasteiger partial charge in [-0.05, 0) is 19.3 Å². The van der Waals surface area contributed by atoms with Crippen molar-refractivity contribution < 1.29 is 67.6 Å². The van der Waals surface area contributed by atoms with E-state index in [0.717, 1.165) is 16.7 Å². The Balaban J connectivity index is 2.03. The van der Waals surface area contributed by atoms with Crippen LogP contribution in [-0.4, -0.2) is 93.7 Å². The van der Waals surface area contributed by atoms with E-state index < -0.39 is 74.2 Å². The summed E-state index contributed by atoms with van der Waals surface area (Å²) in [6, 6.07) is 0. The first-order valence-corrected chi connectivity index (χ1v) is 14.1. The van der Waals surface area contributed by atoms with E-state index >= 15 is 0 Å². The second-order valence-corrected chi connectivity index (χ2v) is 12.7. The fourth-order valence-electron chi connectivity index (χ4n) is 3.34. The van der Waals surface area contributed by atoms with Gasteiger partial charge < -0.3 is 56.0 Å². The Kier molecular flexibility index (Phi) is 8.88. The summed E-state index contributed by atoms with van der Waals surface area (Å²) in [5, 5.41) is 16.4. The van der Waals surface area contributed by atoms with Gasteiger partial charge in [0.1, 0.15) is 12.0 Å². The van der Waals surface area contributed by atoms with E-state index in [-0.39, 0.29) is 30.7 Å². The van der Waals surface area contributed by atoms with Crippen LogP contribution in [0.5, 0.6) is 0 Å². The minimum atomic E-state index is -5.62. The first-order chi connectivity index (χ1) is 16.4. The van der Waals surface area contributed by atoms with E-state index in [2.05, 4.69) is 14.8 Å². The third kappa shape index (κ3) is 5.69. The van der Waals surface area contributed by atoms with Crippen molar-refractivity contribution in [2.75, 3.05) is 18.9 Å². The lowest BCUT2D eigenvalue weighted by atomic mass is 9.87. The summed E-state index contributed by atoms with van der Waals surface area (Å²) >= 11 is 0.945. The largest absolute Gasteiger partial charge is 0.512 e. The molecule has 2 aliphatic heterocycles. The molecule has 18 nitrogen and oxygen atoms in total. The first-order valence-electron chi connectivity index (χ1n) is 9.79. The van der Waals surface area contributed by atoms with E-state index in [4.69, 9.17) is 36.1 Å². The second kappa shape index (κ2) is 10.6. The molecule has 0 aliphatic carbocycles. The van der Waals surface area contributed by atoms with E-state index in [0.29, 0.717) is 0 Å². The Labute approximate surface area is 206 Å². The zero-order chi connectivity index (χ0) is 27.7.